The van der Waals surface area contributed by atoms with Gasteiger partial charge in [-0.25, -0.2) is 0 Å². The summed E-state index contributed by atoms with van der Waals surface area (Å²) in [5.41, 5.74) is 1.37. The molecule has 0 N–H and O–H groups in total. The molecule has 0 atom stereocenters. The summed E-state index contributed by atoms with van der Waals surface area (Å²) in [6.45, 7) is 0. The fourth-order valence-corrected chi connectivity index (χ4v) is 2.44. The molecule has 0 unspecified atom stereocenters. The van der Waals surface area contributed by atoms with E-state index in [1.54, 1.807) is 73.1 Å². The minimum absolute atomic E-state index is 0.512. The number of nitrogens with zero attached hydrogens (tertiary/aromatic N) is 1. The van der Waals surface area contributed by atoms with Gasteiger partial charge < -0.3 is 28.4 Å². The molecule has 0 saturated carbocycles. The van der Waals surface area contributed by atoms with Gasteiger partial charge in [0.2, 0.25) is 5.75 Å². The van der Waals surface area contributed by atoms with E-state index in [4.69, 9.17) is 28.4 Å². The van der Waals surface area contributed by atoms with E-state index in [2.05, 4.69) is 4.99 Å². The summed E-state index contributed by atoms with van der Waals surface area (Å²) in [6, 6.07) is 7.05. The molecule has 26 heavy (non-hydrogen) atoms. The van der Waals surface area contributed by atoms with E-state index in [1.807, 2.05) is 0 Å². The third-order valence-electron chi connectivity index (χ3n) is 3.74. The van der Waals surface area contributed by atoms with E-state index in [9.17, 15) is 0 Å². The van der Waals surface area contributed by atoms with Crippen LogP contribution in [-0.2, 0) is 0 Å². The summed E-state index contributed by atoms with van der Waals surface area (Å²) < 4.78 is 32.0. The Morgan fingerprint density at radius 1 is 0.577 bits per heavy atom. The Labute approximate surface area is 153 Å². The summed E-state index contributed by atoms with van der Waals surface area (Å²) in [5, 5.41) is 0. The second-order valence-corrected chi connectivity index (χ2v) is 5.09. The molecule has 0 saturated heterocycles. The van der Waals surface area contributed by atoms with Crippen LogP contribution in [-0.4, -0.2) is 48.9 Å². The molecule has 0 heterocycles. The molecule has 140 valence electrons. The first-order valence-corrected chi connectivity index (χ1v) is 7.75. The van der Waals surface area contributed by atoms with Crippen LogP contribution in [0.5, 0.6) is 34.5 Å². The fourth-order valence-electron chi connectivity index (χ4n) is 2.44. The van der Waals surface area contributed by atoms with Gasteiger partial charge in [0.25, 0.3) is 0 Å². The van der Waals surface area contributed by atoms with Gasteiger partial charge in [-0.2, -0.15) is 0 Å². The monoisotopic (exact) mass is 361 g/mol. The van der Waals surface area contributed by atoms with Crippen molar-refractivity contribution in [2.75, 3.05) is 42.7 Å². The van der Waals surface area contributed by atoms with Gasteiger partial charge in [0.15, 0.2) is 23.0 Å². The molecule has 2 rings (SSSR count). The molecule has 0 bridgehead atoms. The van der Waals surface area contributed by atoms with E-state index < -0.39 is 0 Å². The zero-order valence-corrected chi connectivity index (χ0v) is 15.8. The molecule has 0 aliphatic carbocycles. The van der Waals surface area contributed by atoms with Crippen LogP contribution >= 0.6 is 0 Å². The standard InChI is InChI=1S/C19H23NO6/c1-21-14-10-16(23-3)15(22-2)7-12(14)11-20-13-8-17(24-4)19(26-6)18(9-13)25-5/h7-11H,1-6H3. The largest absolute Gasteiger partial charge is 0.496 e. The first-order chi connectivity index (χ1) is 12.6. The third-order valence-corrected chi connectivity index (χ3v) is 3.74. The van der Waals surface area contributed by atoms with E-state index >= 15 is 0 Å². The van der Waals surface area contributed by atoms with E-state index in [1.165, 1.54) is 0 Å². The summed E-state index contributed by atoms with van der Waals surface area (Å²) in [5.74, 6) is 3.34. The molecule has 7 heteroatoms. The minimum Gasteiger partial charge on any atom is -0.496 e. The molecule has 2 aromatic rings. The van der Waals surface area contributed by atoms with Crippen molar-refractivity contribution >= 4 is 11.9 Å². The average Bonchev–Trinajstić information content (AvgIpc) is 2.70. The molecular weight excluding hydrogens is 338 g/mol. The summed E-state index contributed by atoms with van der Waals surface area (Å²) >= 11 is 0. The topological polar surface area (TPSA) is 67.7 Å². The van der Waals surface area contributed by atoms with Crippen molar-refractivity contribution in [3.63, 3.8) is 0 Å². The van der Waals surface area contributed by atoms with Crippen LogP contribution in [0.15, 0.2) is 29.3 Å². The van der Waals surface area contributed by atoms with Crippen molar-refractivity contribution in [1.82, 2.24) is 0 Å². The lowest BCUT2D eigenvalue weighted by atomic mass is 10.2. The highest BCUT2D eigenvalue weighted by atomic mass is 16.5. The van der Waals surface area contributed by atoms with Crippen LogP contribution in [0.1, 0.15) is 5.56 Å². The number of hydrogen-bond acceptors (Lipinski definition) is 7. The lowest BCUT2D eigenvalue weighted by molar-refractivity contribution is 0.324. The number of rotatable bonds is 8. The zero-order valence-electron chi connectivity index (χ0n) is 15.8. The molecule has 0 amide bonds. The molecular formula is C19H23NO6. The van der Waals surface area contributed by atoms with Crippen LogP contribution in [0.2, 0.25) is 0 Å². The Kier molecular flexibility index (Phi) is 6.54. The Morgan fingerprint density at radius 3 is 1.54 bits per heavy atom. The SMILES string of the molecule is COc1cc(OC)c(OC)cc1C=Nc1cc(OC)c(OC)c(OC)c1. The third kappa shape index (κ3) is 3.93. The molecule has 2 aromatic carbocycles. The quantitative estimate of drug-likeness (QED) is 0.671. The maximum absolute atomic E-state index is 5.41. The highest BCUT2D eigenvalue weighted by Crippen LogP contribution is 2.41. The van der Waals surface area contributed by atoms with Crippen molar-refractivity contribution < 1.29 is 28.4 Å². The summed E-state index contributed by atoms with van der Waals surface area (Å²) in [6.07, 6.45) is 1.67. The normalized spacial score (nSPS) is 10.5. The van der Waals surface area contributed by atoms with Crippen LogP contribution in [0.4, 0.5) is 5.69 Å². The number of aliphatic imine (C=N–C) groups is 1. The van der Waals surface area contributed by atoms with Crippen LogP contribution < -0.4 is 28.4 Å². The second kappa shape index (κ2) is 8.84. The number of ether oxygens (including phenoxy) is 6. The highest BCUT2D eigenvalue weighted by molar-refractivity contribution is 5.87. The van der Waals surface area contributed by atoms with Gasteiger partial charge >= 0.3 is 0 Å². The van der Waals surface area contributed by atoms with Crippen LogP contribution in [0.3, 0.4) is 0 Å². The fraction of sp³-hybridized carbons (Fsp3) is 0.316. The van der Waals surface area contributed by atoms with E-state index in [0.717, 1.165) is 5.56 Å². The molecule has 0 aromatic heterocycles. The molecule has 0 radical (unpaired) electrons. The van der Waals surface area contributed by atoms with Crippen LogP contribution in [0, 0.1) is 0 Å². The molecule has 0 spiro atoms. The Bertz CT molecular complexity index is 763. The smallest absolute Gasteiger partial charge is 0.203 e. The number of methoxy groups -OCH3 is 6. The van der Waals surface area contributed by atoms with Crippen molar-refractivity contribution in [3.05, 3.63) is 29.8 Å². The number of benzene rings is 2. The van der Waals surface area contributed by atoms with Gasteiger partial charge in [-0.05, 0) is 6.07 Å². The van der Waals surface area contributed by atoms with Crippen molar-refractivity contribution in [2.24, 2.45) is 4.99 Å². The lowest BCUT2D eigenvalue weighted by Gasteiger charge is -2.13. The highest BCUT2D eigenvalue weighted by Gasteiger charge is 2.14. The zero-order chi connectivity index (χ0) is 19.1. The maximum atomic E-state index is 5.41. The van der Waals surface area contributed by atoms with E-state index in [0.29, 0.717) is 40.2 Å². The van der Waals surface area contributed by atoms with Gasteiger partial charge in [0.05, 0.1) is 48.3 Å². The van der Waals surface area contributed by atoms with Gasteiger partial charge in [0.1, 0.15) is 5.75 Å². The first kappa shape index (κ1) is 19.2. The molecule has 0 fully saturated rings. The molecule has 0 aliphatic heterocycles. The Hall–Kier alpha value is -3.09. The van der Waals surface area contributed by atoms with Crippen molar-refractivity contribution in [1.29, 1.82) is 0 Å². The van der Waals surface area contributed by atoms with Gasteiger partial charge in [0, 0.05) is 30.0 Å². The Morgan fingerprint density at radius 2 is 1.08 bits per heavy atom. The maximum Gasteiger partial charge on any atom is 0.203 e. The van der Waals surface area contributed by atoms with Gasteiger partial charge in [-0.3, -0.25) is 4.99 Å². The molecule has 7 nitrogen and oxygen atoms in total. The predicted molar refractivity (Wildman–Crippen MR) is 99.5 cm³/mol. The average molecular weight is 361 g/mol. The second-order valence-electron chi connectivity index (χ2n) is 5.09. The summed E-state index contributed by atoms with van der Waals surface area (Å²) in [4.78, 5) is 4.49. The minimum atomic E-state index is 0.512. The Balaban J connectivity index is 2.46. The van der Waals surface area contributed by atoms with Crippen molar-refractivity contribution in [3.8, 4) is 34.5 Å². The summed E-state index contributed by atoms with van der Waals surface area (Å²) in [7, 11) is 9.39. The van der Waals surface area contributed by atoms with Gasteiger partial charge in [-0.15, -0.1) is 0 Å². The van der Waals surface area contributed by atoms with Crippen LogP contribution in [0.25, 0.3) is 0 Å². The molecule has 0 aliphatic rings. The van der Waals surface area contributed by atoms with Crippen molar-refractivity contribution in [2.45, 2.75) is 0 Å². The first-order valence-electron chi connectivity index (χ1n) is 7.75. The lowest BCUT2D eigenvalue weighted by Crippen LogP contribution is -1.97. The predicted octanol–water partition coefficient (Wildman–Crippen LogP) is 3.49. The number of hydrogen-bond donors (Lipinski definition) is 0. The van der Waals surface area contributed by atoms with Gasteiger partial charge in [-0.1, -0.05) is 0 Å². The van der Waals surface area contributed by atoms with E-state index in [-0.39, 0.29) is 0 Å².